The monoisotopic (exact) mass is 314 g/mol. The van der Waals surface area contributed by atoms with E-state index in [4.69, 9.17) is 9.47 Å². The molecule has 1 amide bonds. The van der Waals surface area contributed by atoms with Gasteiger partial charge in [0.1, 0.15) is 0 Å². The Morgan fingerprint density at radius 2 is 2.24 bits per heavy atom. The third kappa shape index (κ3) is 4.79. The van der Waals surface area contributed by atoms with Gasteiger partial charge in [0.25, 0.3) is 5.91 Å². The fourth-order valence-corrected chi connectivity index (χ4v) is 2.33. The van der Waals surface area contributed by atoms with Gasteiger partial charge in [-0.15, -0.1) is 12.4 Å². The van der Waals surface area contributed by atoms with Gasteiger partial charge < -0.3 is 20.1 Å². The minimum absolute atomic E-state index is 0. The molecule has 2 N–H and O–H groups in total. The topological polar surface area (TPSA) is 59.6 Å². The molecule has 0 bridgehead atoms. The van der Waals surface area contributed by atoms with Crippen LogP contribution in [-0.2, 0) is 0 Å². The van der Waals surface area contributed by atoms with Gasteiger partial charge >= 0.3 is 0 Å². The SMILES string of the molecule is CCOc1ccc(C(=O)N[C@H]2CCCNC2)cc1OC.Cl. The van der Waals surface area contributed by atoms with Crippen molar-refractivity contribution < 1.29 is 14.3 Å². The first-order chi connectivity index (χ1) is 9.74. The lowest BCUT2D eigenvalue weighted by Crippen LogP contribution is -2.45. The van der Waals surface area contributed by atoms with E-state index in [1.54, 1.807) is 25.3 Å². The second-order valence-electron chi connectivity index (χ2n) is 4.82. The fourth-order valence-electron chi connectivity index (χ4n) is 2.33. The Kier molecular flexibility index (Phi) is 7.32. The standard InChI is InChI=1S/C15H22N2O3.ClH/c1-3-20-13-7-6-11(9-14(13)19-2)15(18)17-12-5-4-8-16-10-12;/h6-7,9,12,16H,3-5,8,10H2,1-2H3,(H,17,18);1H/t12-;/m0./s1. The molecule has 0 aromatic heterocycles. The van der Waals surface area contributed by atoms with Crippen molar-refractivity contribution in [1.29, 1.82) is 0 Å². The van der Waals surface area contributed by atoms with Gasteiger partial charge in [-0.1, -0.05) is 0 Å². The molecule has 0 spiro atoms. The number of carbonyl (C=O) groups is 1. The molecule has 1 aliphatic heterocycles. The predicted octanol–water partition coefficient (Wildman–Crippen LogP) is 2.00. The lowest BCUT2D eigenvalue weighted by Gasteiger charge is -2.24. The Bertz CT molecular complexity index is 462. The molecule has 1 heterocycles. The maximum atomic E-state index is 12.2. The van der Waals surface area contributed by atoms with E-state index in [-0.39, 0.29) is 24.4 Å². The quantitative estimate of drug-likeness (QED) is 0.872. The molecule has 1 aromatic carbocycles. The summed E-state index contributed by atoms with van der Waals surface area (Å²) in [5.74, 6) is 1.17. The van der Waals surface area contributed by atoms with Crippen molar-refractivity contribution in [2.45, 2.75) is 25.8 Å². The van der Waals surface area contributed by atoms with Gasteiger partial charge in [0, 0.05) is 18.2 Å². The van der Waals surface area contributed by atoms with Crippen LogP contribution in [0.15, 0.2) is 18.2 Å². The van der Waals surface area contributed by atoms with Crippen LogP contribution >= 0.6 is 12.4 Å². The summed E-state index contributed by atoms with van der Waals surface area (Å²) in [6.07, 6.45) is 2.12. The summed E-state index contributed by atoms with van der Waals surface area (Å²) in [6, 6.07) is 5.46. The molecule has 1 aromatic rings. The maximum Gasteiger partial charge on any atom is 0.251 e. The van der Waals surface area contributed by atoms with Crippen LogP contribution in [0.4, 0.5) is 0 Å². The number of piperidine rings is 1. The first kappa shape index (κ1) is 17.6. The van der Waals surface area contributed by atoms with Crippen LogP contribution in [0.1, 0.15) is 30.1 Å². The van der Waals surface area contributed by atoms with Crippen molar-refractivity contribution in [2.75, 3.05) is 26.8 Å². The van der Waals surface area contributed by atoms with Crippen molar-refractivity contribution in [1.82, 2.24) is 10.6 Å². The van der Waals surface area contributed by atoms with Gasteiger partial charge in [0.2, 0.25) is 0 Å². The normalized spacial score (nSPS) is 17.5. The molecule has 0 aliphatic carbocycles. The average molecular weight is 315 g/mol. The fraction of sp³-hybridized carbons (Fsp3) is 0.533. The number of ether oxygens (including phenoxy) is 2. The molecule has 21 heavy (non-hydrogen) atoms. The van der Waals surface area contributed by atoms with Crippen molar-refractivity contribution in [3.8, 4) is 11.5 Å². The van der Waals surface area contributed by atoms with E-state index in [1.807, 2.05) is 6.92 Å². The van der Waals surface area contributed by atoms with Crippen molar-refractivity contribution >= 4 is 18.3 Å². The highest BCUT2D eigenvalue weighted by Crippen LogP contribution is 2.28. The first-order valence-corrected chi connectivity index (χ1v) is 7.07. The summed E-state index contributed by atoms with van der Waals surface area (Å²) in [5.41, 5.74) is 0.593. The van der Waals surface area contributed by atoms with Gasteiger partial charge in [0.15, 0.2) is 11.5 Å². The Morgan fingerprint density at radius 1 is 1.43 bits per heavy atom. The second-order valence-corrected chi connectivity index (χ2v) is 4.82. The average Bonchev–Trinajstić information content (AvgIpc) is 2.49. The number of methoxy groups -OCH3 is 1. The van der Waals surface area contributed by atoms with Crippen molar-refractivity contribution in [2.24, 2.45) is 0 Å². The zero-order valence-corrected chi connectivity index (χ0v) is 13.3. The summed E-state index contributed by atoms with van der Waals surface area (Å²) in [7, 11) is 1.57. The van der Waals surface area contributed by atoms with E-state index in [2.05, 4.69) is 10.6 Å². The van der Waals surface area contributed by atoms with Crippen LogP contribution in [0.2, 0.25) is 0 Å². The molecule has 0 radical (unpaired) electrons. The molecule has 118 valence electrons. The van der Waals surface area contributed by atoms with E-state index in [0.717, 1.165) is 25.9 Å². The highest BCUT2D eigenvalue weighted by molar-refractivity contribution is 5.95. The highest BCUT2D eigenvalue weighted by atomic mass is 35.5. The minimum atomic E-state index is -0.0694. The van der Waals surface area contributed by atoms with Crippen LogP contribution in [-0.4, -0.2) is 38.8 Å². The molecule has 1 atom stereocenters. The maximum absolute atomic E-state index is 12.2. The lowest BCUT2D eigenvalue weighted by atomic mass is 10.1. The zero-order chi connectivity index (χ0) is 14.4. The molecule has 0 saturated carbocycles. The largest absolute Gasteiger partial charge is 0.493 e. The summed E-state index contributed by atoms with van der Waals surface area (Å²) in [4.78, 5) is 12.2. The molecule has 1 aliphatic rings. The van der Waals surface area contributed by atoms with Crippen LogP contribution < -0.4 is 20.1 Å². The summed E-state index contributed by atoms with van der Waals surface area (Å²) < 4.78 is 10.7. The van der Waals surface area contributed by atoms with Crippen LogP contribution in [0.25, 0.3) is 0 Å². The molecule has 0 unspecified atom stereocenters. The van der Waals surface area contributed by atoms with Gasteiger partial charge in [-0.2, -0.15) is 0 Å². The van der Waals surface area contributed by atoms with Crippen molar-refractivity contribution in [3.63, 3.8) is 0 Å². The molecular formula is C15H23ClN2O3. The smallest absolute Gasteiger partial charge is 0.251 e. The number of halogens is 1. The van der Waals surface area contributed by atoms with E-state index in [9.17, 15) is 4.79 Å². The van der Waals surface area contributed by atoms with Crippen LogP contribution in [0.3, 0.4) is 0 Å². The number of carbonyl (C=O) groups excluding carboxylic acids is 1. The zero-order valence-electron chi connectivity index (χ0n) is 12.5. The molecule has 6 heteroatoms. The number of amides is 1. The van der Waals surface area contributed by atoms with Gasteiger partial charge in [-0.05, 0) is 44.5 Å². The van der Waals surface area contributed by atoms with E-state index in [0.29, 0.717) is 23.7 Å². The molecule has 1 saturated heterocycles. The summed E-state index contributed by atoms with van der Waals surface area (Å²) >= 11 is 0. The third-order valence-corrected chi connectivity index (χ3v) is 3.36. The molecule has 2 rings (SSSR count). The number of hydrogen-bond donors (Lipinski definition) is 2. The summed E-state index contributed by atoms with van der Waals surface area (Å²) in [6.45, 7) is 4.34. The van der Waals surface area contributed by atoms with E-state index in [1.165, 1.54) is 0 Å². The number of nitrogens with one attached hydrogen (secondary N) is 2. The molecular weight excluding hydrogens is 292 g/mol. The van der Waals surface area contributed by atoms with Gasteiger partial charge in [0.05, 0.1) is 13.7 Å². The van der Waals surface area contributed by atoms with Gasteiger partial charge in [-0.3, -0.25) is 4.79 Å². The van der Waals surface area contributed by atoms with Crippen LogP contribution in [0, 0.1) is 0 Å². The van der Waals surface area contributed by atoms with Crippen molar-refractivity contribution in [3.05, 3.63) is 23.8 Å². The van der Waals surface area contributed by atoms with Gasteiger partial charge in [-0.25, -0.2) is 0 Å². The van der Waals surface area contributed by atoms with Crippen LogP contribution in [0.5, 0.6) is 11.5 Å². The molecule has 5 nitrogen and oxygen atoms in total. The Hall–Kier alpha value is -1.46. The molecule has 1 fully saturated rings. The van der Waals surface area contributed by atoms with E-state index < -0.39 is 0 Å². The third-order valence-electron chi connectivity index (χ3n) is 3.36. The highest BCUT2D eigenvalue weighted by Gasteiger charge is 2.17. The Labute approximate surface area is 131 Å². The second kappa shape index (κ2) is 8.74. The number of hydrogen-bond acceptors (Lipinski definition) is 4. The number of benzene rings is 1. The predicted molar refractivity (Wildman–Crippen MR) is 84.8 cm³/mol. The van der Waals surface area contributed by atoms with E-state index >= 15 is 0 Å². The Balaban J connectivity index is 0.00000220. The summed E-state index contributed by atoms with van der Waals surface area (Å²) in [5, 5.41) is 6.32. The first-order valence-electron chi connectivity index (χ1n) is 7.07. The number of rotatable bonds is 5. The minimum Gasteiger partial charge on any atom is -0.493 e. The lowest BCUT2D eigenvalue weighted by molar-refractivity contribution is 0.0930. The Morgan fingerprint density at radius 3 is 2.86 bits per heavy atom.